The van der Waals surface area contributed by atoms with Crippen molar-refractivity contribution in [1.29, 1.82) is 0 Å². The molecule has 0 aromatic heterocycles. The van der Waals surface area contributed by atoms with Crippen molar-refractivity contribution in [2.45, 2.75) is 159 Å². The van der Waals surface area contributed by atoms with E-state index in [0.29, 0.717) is 46.5 Å². The van der Waals surface area contributed by atoms with E-state index in [0.717, 1.165) is 49.4 Å². The fourth-order valence-electron chi connectivity index (χ4n) is 17.4. The molecule has 16 atom stereocenters. The normalized spacial score (nSPS) is 55.2. The number of rotatable bonds is 3. The maximum atomic E-state index is 13.8. The van der Waals surface area contributed by atoms with E-state index >= 15 is 0 Å². The first-order valence-electron chi connectivity index (χ1n) is 21.6. The lowest BCUT2D eigenvalue weighted by Gasteiger charge is -2.66. The summed E-state index contributed by atoms with van der Waals surface area (Å²) in [6.07, 6.45) is 24.3. The monoisotopic (exact) mass is 670 g/mol. The third kappa shape index (κ3) is 4.80. The van der Waals surface area contributed by atoms with Gasteiger partial charge in [0.15, 0.2) is 0 Å². The van der Waals surface area contributed by atoms with Crippen molar-refractivity contribution in [3.63, 3.8) is 0 Å². The molecule has 2 bridgehead atoms. The van der Waals surface area contributed by atoms with Crippen LogP contribution in [0.25, 0.3) is 0 Å². The summed E-state index contributed by atoms with van der Waals surface area (Å²) in [6, 6.07) is 11.6. The van der Waals surface area contributed by atoms with Crippen LogP contribution in [-0.2, 0) is 6.42 Å². The number of hydrogen-bond acceptors (Lipinski definition) is 4. The summed E-state index contributed by atoms with van der Waals surface area (Å²) in [6.45, 7) is 4.87. The molecule has 4 heteroatoms. The van der Waals surface area contributed by atoms with Crippen LogP contribution >= 0.6 is 0 Å². The number of benzene rings is 1. The second-order valence-electron chi connectivity index (χ2n) is 20.7. The molecule has 9 fully saturated rings. The van der Waals surface area contributed by atoms with E-state index in [-0.39, 0.29) is 17.6 Å². The molecule has 270 valence electrons. The zero-order chi connectivity index (χ0) is 33.2. The maximum absolute atomic E-state index is 13.8. The molecule has 49 heavy (non-hydrogen) atoms. The summed E-state index contributed by atoms with van der Waals surface area (Å²) >= 11 is 0. The summed E-state index contributed by atoms with van der Waals surface area (Å²) in [5.74, 6) is 5.52. The highest BCUT2D eigenvalue weighted by atomic mass is 16.3. The fourth-order valence-corrected chi connectivity index (χ4v) is 17.4. The molecule has 10 rings (SSSR count). The van der Waals surface area contributed by atoms with Gasteiger partial charge in [0.05, 0.1) is 17.8 Å². The highest BCUT2D eigenvalue weighted by Crippen LogP contribution is 2.77. The molecule has 2 aliphatic heterocycles. The third-order valence-electron chi connectivity index (χ3n) is 18.8. The predicted molar refractivity (Wildman–Crippen MR) is 195 cm³/mol. The summed E-state index contributed by atoms with van der Waals surface area (Å²) in [5.41, 5.74) is 1.97. The Morgan fingerprint density at radius 2 is 1.55 bits per heavy atom. The van der Waals surface area contributed by atoms with Crippen LogP contribution in [0.1, 0.15) is 134 Å². The van der Waals surface area contributed by atoms with E-state index < -0.39 is 5.60 Å². The Kier molecular flexibility index (Phi) is 7.86. The molecule has 0 radical (unpaired) electrons. The standard InChI is InChI=1S/C45H67NO3/c1-29-10-13-41-45(49,32-9-5-16-42(25-32)19-14-31(24-42)21-30-7-3-2-4-8-30)37-12-11-36-34(35(37)28-46(41)27-29)23-40-43-17-6-18-44(36,40)26-39(48)38(43)22-33(47)15-20-43/h2-4,7-8,29,31-41,47-49H,5-6,9-28H2,1H3. The Morgan fingerprint density at radius 1 is 0.714 bits per heavy atom. The molecule has 3 N–H and O–H groups in total. The van der Waals surface area contributed by atoms with Crippen LogP contribution in [0.2, 0.25) is 0 Å². The van der Waals surface area contributed by atoms with Gasteiger partial charge in [0.2, 0.25) is 0 Å². The van der Waals surface area contributed by atoms with E-state index in [4.69, 9.17) is 0 Å². The molecule has 2 spiro atoms. The molecule has 0 amide bonds. The Morgan fingerprint density at radius 3 is 2.43 bits per heavy atom. The van der Waals surface area contributed by atoms with Crippen molar-refractivity contribution in [3.8, 4) is 0 Å². The highest BCUT2D eigenvalue weighted by molar-refractivity contribution is 5.22. The summed E-state index contributed by atoms with van der Waals surface area (Å²) < 4.78 is 0. The van der Waals surface area contributed by atoms with Crippen molar-refractivity contribution in [2.24, 2.45) is 69.5 Å². The molecule has 16 unspecified atom stereocenters. The molecule has 9 aliphatic rings. The van der Waals surface area contributed by atoms with Crippen molar-refractivity contribution in [2.75, 3.05) is 13.1 Å². The van der Waals surface area contributed by atoms with Crippen molar-refractivity contribution in [3.05, 3.63) is 35.9 Å². The van der Waals surface area contributed by atoms with Gasteiger partial charge < -0.3 is 15.3 Å². The number of piperidine rings is 2. The molecular weight excluding hydrogens is 602 g/mol. The predicted octanol–water partition coefficient (Wildman–Crippen LogP) is 8.41. The van der Waals surface area contributed by atoms with Crippen molar-refractivity contribution in [1.82, 2.24) is 4.90 Å². The van der Waals surface area contributed by atoms with Gasteiger partial charge in [0.25, 0.3) is 0 Å². The van der Waals surface area contributed by atoms with Gasteiger partial charge >= 0.3 is 0 Å². The van der Waals surface area contributed by atoms with Crippen LogP contribution in [0.3, 0.4) is 0 Å². The lowest BCUT2D eigenvalue weighted by atomic mass is 9.40. The van der Waals surface area contributed by atoms with Gasteiger partial charge in [-0.05, 0) is 191 Å². The van der Waals surface area contributed by atoms with Gasteiger partial charge in [-0.25, -0.2) is 0 Å². The lowest BCUT2D eigenvalue weighted by Crippen LogP contribution is -2.71. The number of nitrogens with zero attached hydrogens (tertiary/aromatic N) is 1. The van der Waals surface area contributed by atoms with Crippen LogP contribution in [0.4, 0.5) is 0 Å². The van der Waals surface area contributed by atoms with Gasteiger partial charge in [-0.2, -0.15) is 0 Å². The number of aliphatic hydroxyl groups is 3. The summed E-state index contributed by atoms with van der Waals surface area (Å²) in [4.78, 5) is 2.88. The van der Waals surface area contributed by atoms with Crippen LogP contribution in [0.5, 0.6) is 0 Å². The fraction of sp³-hybridized carbons (Fsp3) is 0.867. The smallest absolute Gasteiger partial charge is 0.0861 e. The largest absolute Gasteiger partial charge is 0.393 e. The Labute approximate surface area is 297 Å². The molecule has 1 aromatic carbocycles. The second kappa shape index (κ2) is 11.8. The van der Waals surface area contributed by atoms with Crippen LogP contribution < -0.4 is 0 Å². The van der Waals surface area contributed by atoms with Gasteiger partial charge in [-0.15, -0.1) is 0 Å². The second-order valence-corrected chi connectivity index (χ2v) is 20.7. The van der Waals surface area contributed by atoms with Gasteiger partial charge in [0.1, 0.15) is 0 Å². The molecule has 1 aromatic rings. The van der Waals surface area contributed by atoms with Crippen molar-refractivity contribution >= 4 is 0 Å². The Balaban J connectivity index is 0.963. The van der Waals surface area contributed by atoms with Crippen LogP contribution in [-0.4, -0.2) is 57.2 Å². The van der Waals surface area contributed by atoms with E-state index in [1.165, 1.54) is 121 Å². The van der Waals surface area contributed by atoms with Crippen LogP contribution in [0.15, 0.2) is 30.3 Å². The Bertz CT molecular complexity index is 1380. The highest BCUT2D eigenvalue weighted by Gasteiger charge is 2.72. The van der Waals surface area contributed by atoms with Crippen LogP contribution in [0, 0.1) is 69.5 Å². The lowest BCUT2D eigenvalue weighted by molar-refractivity contribution is -0.226. The van der Waals surface area contributed by atoms with Gasteiger partial charge in [0, 0.05) is 19.1 Å². The summed E-state index contributed by atoms with van der Waals surface area (Å²) in [7, 11) is 0. The number of aliphatic hydroxyl groups excluding tert-OH is 2. The quantitative estimate of drug-likeness (QED) is 0.303. The molecule has 7 saturated carbocycles. The molecule has 7 aliphatic carbocycles. The third-order valence-corrected chi connectivity index (χ3v) is 18.8. The maximum Gasteiger partial charge on any atom is 0.0861 e. The molecular formula is C45H67NO3. The average Bonchev–Trinajstić information content (AvgIpc) is 3.65. The van der Waals surface area contributed by atoms with E-state index in [1.54, 1.807) is 0 Å². The molecule has 2 heterocycles. The average molecular weight is 670 g/mol. The number of fused-ring (bicyclic) bond motifs is 4. The first-order chi connectivity index (χ1) is 23.7. The zero-order valence-corrected chi connectivity index (χ0v) is 30.7. The van der Waals surface area contributed by atoms with Gasteiger partial charge in [-0.1, -0.05) is 50.1 Å². The van der Waals surface area contributed by atoms with E-state index in [2.05, 4.69) is 42.2 Å². The first kappa shape index (κ1) is 32.7. The minimum absolute atomic E-state index is 0.216. The van der Waals surface area contributed by atoms with Gasteiger partial charge in [-0.3, -0.25) is 4.90 Å². The molecule has 4 nitrogen and oxygen atoms in total. The Hall–Kier alpha value is -0.940. The van der Waals surface area contributed by atoms with E-state index in [9.17, 15) is 15.3 Å². The topological polar surface area (TPSA) is 63.9 Å². The molecule has 2 saturated heterocycles. The minimum Gasteiger partial charge on any atom is -0.393 e. The minimum atomic E-state index is -0.547. The first-order valence-corrected chi connectivity index (χ1v) is 21.6. The SMILES string of the molecule is CC1CCC2N(C1)CC1C3CC4C56CCCC4(CC(O)C5CC(O)CC6)C3CCC1C2(O)C1CCCC2(CCC(Cc3ccccc3)C2)C1. The van der Waals surface area contributed by atoms with Crippen molar-refractivity contribution < 1.29 is 15.3 Å². The summed E-state index contributed by atoms with van der Waals surface area (Å²) in [5, 5.41) is 36.5. The van der Waals surface area contributed by atoms with E-state index in [1.807, 2.05) is 0 Å². The number of hydrogen-bond donors (Lipinski definition) is 3. The zero-order valence-electron chi connectivity index (χ0n) is 30.7.